The van der Waals surface area contributed by atoms with Crippen LogP contribution in [0.25, 0.3) is 0 Å². The fraction of sp³-hybridized carbons (Fsp3) is 0.208. The standard InChI is InChI=1S/C24H23BrClNO4/c1-3-30-22-12-17(13-27-21-9-5-8-19(15(21)2)24(28)29)11-20(25)23(22)31-14-16-6-4-7-18(26)10-16/h4-12,27H,3,13-14H2,1-2H3,(H,28,29). The van der Waals surface area contributed by atoms with Crippen LogP contribution < -0.4 is 14.8 Å². The molecule has 0 aliphatic rings. The molecule has 0 radical (unpaired) electrons. The van der Waals surface area contributed by atoms with Gasteiger partial charge in [0.2, 0.25) is 0 Å². The van der Waals surface area contributed by atoms with Crippen molar-refractivity contribution in [2.75, 3.05) is 11.9 Å². The first kappa shape index (κ1) is 23.0. The van der Waals surface area contributed by atoms with Crippen molar-refractivity contribution in [3.05, 3.63) is 86.3 Å². The van der Waals surface area contributed by atoms with Crippen molar-refractivity contribution in [3.63, 3.8) is 0 Å². The normalized spacial score (nSPS) is 10.6. The number of rotatable bonds is 9. The molecule has 3 rings (SSSR count). The molecule has 162 valence electrons. The molecule has 0 saturated heterocycles. The van der Waals surface area contributed by atoms with Crippen LogP contribution in [0.2, 0.25) is 5.02 Å². The molecule has 0 aliphatic carbocycles. The van der Waals surface area contributed by atoms with E-state index in [0.29, 0.717) is 41.8 Å². The number of ether oxygens (including phenoxy) is 2. The molecule has 0 unspecified atom stereocenters. The van der Waals surface area contributed by atoms with Crippen LogP contribution in [0.1, 0.15) is 34.0 Å². The van der Waals surface area contributed by atoms with E-state index >= 15 is 0 Å². The van der Waals surface area contributed by atoms with Gasteiger partial charge in [0.15, 0.2) is 11.5 Å². The smallest absolute Gasteiger partial charge is 0.336 e. The van der Waals surface area contributed by atoms with Crippen LogP contribution in [0.3, 0.4) is 0 Å². The van der Waals surface area contributed by atoms with Crippen LogP contribution in [-0.2, 0) is 13.2 Å². The Hall–Kier alpha value is -2.70. The zero-order valence-corrected chi connectivity index (χ0v) is 19.6. The Bertz CT molecular complexity index is 1090. The van der Waals surface area contributed by atoms with E-state index in [1.54, 1.807) is 19.1 Å². The lowest BCUT2D eigenvalue weighted by molar-refractivity contribution is 0.0696. The Morgan fingerprint density at radius 1 is 1.10 bits per heavy atom. The van der Waals surface area contributed by atoms with Crippen LogP contribution in [0, 0.1) is 6.92 Å². The maximum absolute atomic E-state index is 11.4. The van der Waals surface area contributed by atoms with Crippen molar-refractivity contribution >= 4 is 39.2 Å². The third-order valence-corrected chi connectivity index (χ3v) is 5.51. The lowest BCUT2D eigenvalue weighted by atomic mass is 10.1. The average Bonchev–Trinajstić information content (AvgIpc) is 2.72. The summed E-state index contributed by atoms with van der Waals surface area (Å²) >= 11 is 9.64. The summed E-state index contributed by atoms with van der Waals surface area (Å²) in [5.41, 5.74) is 3.67. The van der Waals surface area contributed by atoms with Gasteiger partial charge in [0.1, 0.15) is 6.61 Å². The SMILES string of the molecule is CCOc1cc(CNc2cccc(C(=O)O)c2C)cc(Br)c1OCc1cccc(Cl)c1. The minimum atomic E-state index is -0.941. The summed E-state index contributed by atoms with van der Waals surface area (Å²) < 4.78 is 12.6. The van der Waals surface area contributed by atoms with E-state index < -0.39 is 5.97 Å². The average molecular weight is 505 g/mol. The molecule has 3 aromatic rings. The summed E-state index contributed by atoms with van der Waals surface area (Å²) in [6, 6.07) is 16.6. The first-order valence-electron chi connectivity index (χ1n) is 9.78. The molecule has 7 heteroatoms. The molecule has 0 bridgehead atoms. The van der Waals surface area contributed by atoms with Crippen LogP contribution in [-0.4, -0.2) is 17.7 Å². The van der Waals surface area contributed by atoms with E-state index in [4.69, 9.17) is 21.1 Å². The molecule has 0 aromatic heterocycles. The zero-order valence-electron chi connectivity index (χ0n) is 17.2. The first-order valence-corrected chi connectivity index (χ1v) is 11.0. The van der Waals surface area contributed by atoms with E-state index in [1.165, 1.54) is 0 Å². The number of nitrogens with one attached hydrogen (secondary N) is 1. The monoisotopic (exact) mass is 503 g/mol. The molecule has 0 spiro atoms. The van der Waals surface area contributed by atoms with E-state index in [9.17, 15) is 9.90 Å². The van der Waals surface area contributed by atoms with Crippen molar-refractivity contribution in [2.24, 2.45) is 0 Å². The second kappa shape index (κ2) is 10.6. The van der Waals surface area contributed by atoms with Gasteiger partial charge in [0.25, 0.3) is 0 Å². The molecule has 0 fully saturated rings. The third kappa shape index (κ3) is 5.93. The Labute approximate surface area is 195 Å². The number of benzene rings is 3. The second-order valence-electron chi connectivity index (χ2n) is 6.89. The maximum atomic E-state index is 11.4. The van der Waals surface area contributed by atoms with E-state index in [2.05, 4.69) is 21.2 Å². The van der Waals surface area contributed by atoms with Gasteiger partial charge in [0.05, 0.1) is 16.6 Å². The summed E-state index contributed by atoms with van der Waals surface area (Å²) in [5.74, 6) is 0.310. The van der Waals surface area contributed by atoms with Crippen molar-refractivity contribution in [2.45, 2.75) is 27.0 Å². The van der Waals surface area contributed by atoms with Gasteiger partial charge in [0, 0.05) is 17.3 Å². The largest absolute Gasteiger partial charge is 0.490 e. The van der Waals surface area contributed by atoms with Crippen molar-refractivity contribution in [3.8, 4) is 11.5 Å². The lowest BCUT2D eigenvalue weighted by Crippen LogP contribution is -2.07. The number of carbonyl (C=O) groups is 1. The van der Waals surface area contributed by atoms with E-state index in [1.807, 2.05) is 49.4 Å². The van der Waals surface area contributed by atoms with Gasteiger partial charge in [-0.05, 0) is 82.9 Å². The van der Waals surface area contributed by atoms with Gasteiger partial charge in [-0.25, -0.2) is 4.79 Å². The summed E-state index contributed by atoms with van der Waals surface area (Å²) in [5, 5.41) is 13.3. The molecule has 0 aliphatic heterocycles. The van der Waals surface area contributed by atoms with Crippen LogP contribution in [0.4, 0.5) is 5.69 Å². The Balaban J connectivity index is 1.78. The van der Waals surface area contributed by atoms with Gasteiger partial charge < -0.3 is 19.9 Å². The maximum Gasteiger partial charge on any atom is 0.336 e. The predicted molar refractivity (Wildman–Crippen MR) is 127 cm³/mol. The molecular weight excluding hydrogens is 482 g/mol. The van der Waals surface area contributed by atoms with Crippen molar-refractivity contribution in [1.29, 1.82) is 0 Å². The molecule has 0 saturated carbocycles. The molecule has 0 heterocycles. The summed E-state index contributed by atoms with van der Waals surface area (Å²) in [4.78, 5) is 11.4. The van der Waals surface area contributed by atoms with Crippen LogP contribution in [0.5, 0.6) is 11.5 Å². The molecule has 0 amide bonds. The first-order chi connectivity index (χ1) is 14.9. The number of anilines is 1. The van der Waals surface area contributed by atoms with Gasteiger partial charge in [-0.15, -0.1) is 0 Å². The summed E-state index contributed by atoms with van der Waals surface area (Å²) in [6.07, 6.45) is 0. The van der Waals surface area contributed by atoms with Gasteiger partial charge in [-0.1, -0.05) is 29.8 Å². The van der Waals surface area contributed by atoms with Gasteiger partial charge >= 0.3 is 5.97 Å². The number of hydrogen-bond donors (Lipinski definition) is 2. The van der Waals surface area contributed by atoms with Crippen molar-refractivity contribution < 1.29 is 19.4 Å². The third-order valence-electron chi connectivity index (χ3n) is 4.69. The highest BCUT2D eigenvalue weighted by molar-refractivity contribution is 9.10. The minimum Gasteiger partial charge on any atom is -0.490 e. The second-order valence-corrected chi connectivity index (χ2v) is 8.18. The highest BCUT2D eigenvalue weighted by Crippen LogP contribution is 2.38. The fourth-order valence-corrected chi connectivity index (χ4v) is 3.98. The number of aromatic carboxylic acids is 1. The van der Waals surface area contributed by atoms with Gasteiger partial charge in [-0.2, -0.15) is 0 Å². The highest BCUT2D eigenvalue weighted by Gasteiger charge is 2.14. The molecule has 3 aromatic carbocycles. The van der Waals surface area contributed by atoms with E-state index in [-0.39, 0.29) is 5.56 Å². The number of carboxylic acids is 1. The topological polar surface area (TPSA) is 67.8 Å². The predicted octanol–water partition coefficient (Wildman–Crippen LogP) is 6.70. The Morgan fingerprint density at radius 3 is 2.58 bits per heavy atom. The Morgan fingerprint density at radius 2 is 1.87 bits per heavy atom. The number of carboxylic acid groups (broad SMARTS) is 1. The zero-order chi connectivity index (χ0) is 22.4. The molecule has 2 N–H and O–H groups in total. The summed E-state index contributed by atoms with van der Waals surface area (Å²) in [6.45, 7) is 5.06. The molecule has 0 atom stereocenters. The fourth-order valence-electron chi connectivity index (χ4n) is 3.16. The highest BCUT2D eigenvalue weighted by atomic mass is 79.9. The van der Waals surface area contributed by atoms with Gasteiger partial charge in [-0.3, -0.25) is 0 Å². The van der Waals surface area contributed by atoms with Crippen LogP contribution in [0.15, 0.2) is 59.1 Å². The summed E-state index contributed by atoms with van der Waals surface area (Å²) in [7, 11) is 0. The van der Waals surface area contributed by atoms with E-state index in [0.717, 1.165) is 21.3 Å². The quantitative estimate of drug-likeness (QED) is 0.339. The molecule has 31 heavy (non-hydrogen) atoms. The Kier molecular flexibility index (Phi) is 7.82. The van der Waals surface area contributed by atoms with Crippen LogP contribution >= 0.6 is 27.5 Å². The number of hydrogen-bond acceptors (Lipinski definition) is 4. The number of halogens is 2. The molecular formula is C24H23BrClNO4. The van der Waals surface area contributed by atoms with Crippen molar-refractivity contribution in [1.82, 2.24) is 0 Å². The lowest BCUT2D eigenvalue weighted by Gasteiger charge is -2.17. The minimum absolute atomic E-state index is 0.283. The molecule has 5 nitrogen and oxygen atoms in total.